The van der Waals surface area contributed by atoms with Gasteiger partial charge in [-0.2, -0.15) is 0 Å². The summed E-state index contributed by atoms with van der Waals surface area (Å²) in [4.78, 5) is 0. The number of benzene rings is 1. The van der Waals surface area contributed by atoms with E-state index in [1.54, 1.807) is 0 Å². The number of fused-ring (bicyclic) bond motifs is 1. The Bertz CT molecular complexity index is 423. The van der Waals surface area contributed by atoms with E-state index in [0.717, 1.165) is 49.4 Å². The Kier molecular flexibility index (Phi) is 6.33. The van der Waals surface area contributed by atoms with E-state index in [0.29, 0.717) is 12.0 Å². The smallest absolute Gasteiger partial charge is 0.125 e. The maximum atomic E-state index is 5.82. The lowest BCUT2D eigenvalue weighted by molar-refractivity contribution is 0.110. The highest BCUT2D eigenvalue weighted by molar-refractivity contribution is 9.10. The third-order valence-corrected chi connectivity index (χ3v) is 3.83. The first-order valence-corrected chi connectivity index (χ1v) is 8.19. The quantitative estimate of drug-likeness (QED) is 0.795. The van der Waals surface area contributed by atoms with Crippen LogP contribution in [0.4, 0.5) is 0 Å². The standard InChI is InChI=1S/C16H24BrNO2/c1-12(2)11-19-9-7-18-15-4-3-8-20-16-10-13(17)5-6-14(15)16/h5-6,10,12,15,18H,3-4,7-9,11H2,1-2H3. The largest absolute Gasteiger partial charge is 0.493 e. The van der Waals surface area contributed by atoms with Crippen LogP contribution in [0.25, 0.3) is 0 Å². The van der Waals surface area contributed by atoms with E-state index in [1.807, 2.05) is 0 Å². The summed E-state index contributed by atoms with van der Waals surface area (Å²) in [6.07, 6.45) is 2.19. The van der Waals surface area contributed by atoms with E-state index in [2.05, 4.69) is 53.3 Å². The van der Waals surface area contributed by atoms with Crippen LogP contribution in [0.5, 0.6) is 5.75 Å². The zero-order valence-corrected chi connectivity index (χ0v) is 13.9. The van der Waals surface area contributed by atoms with Crippen LogP contribution in [0, 0.1) is 5.92 Å². The first kappa shape index (κ1) is 15.8. The molecule has 0 radical (unpaired) electrons. The zero-order valence-electron chi connectivity index (χ0n) is 12.3. The van der Waals surface area contributed by atoms with Gasteiger partial charge in [-0.25, -0.2) is 0 Å². The first-order valence-electron chi connectivity index (χ1n) is 7.40. The minimum absolute atomic E-state index is 0.364. The van der Waals surface area contributed by atoms with Crippen LogP contribution in [-0.4, -0.2) is 26.4 Å². The van der Waals surface area contributed by atoms with Gasteiger partial charge in [-0.1, -0.05) is 35.8 Å². The van der Waals surface area contributed by atoms with Crippen molar-refractivity contribution in [3.05, 3.63) is 28.2 Å². The minimum atomic E-state index is 0.364. The molecule has 1 aliphatic rings. The number of rotatable bonds is 6. The van der Waals surface area contributed by atoms with Crippen LogP contribution >= 0.6 is 15.9 Å². The molecule has 0 amide bonds. The Morgan fingerprint density at radius 3 is 3.10 bits per heavy atom. The van der Waals surface area contributed by atoms with Crippen molar-refractivity contribution < 1.29 is 9.47 Å². The maximum absolute atomic E-state index is 5.82. The molecule has 0 aromatic heterocycles. The second kappa shape index (κ2) is 8.01. The molecule has 0 bridgehead atoms. The van der Waals surface area contributed by atoms with Crippen LogP contribution in [0.1, 0.15) is 38.3 Å². The Hall–Kier alpha value is -0.580. The van der Waals surface area contributed by atoms with E-state index in [4.69, 9.17) is 9.47 Å². The first-order chi connectivity index (χ1) is 9.66. The predicted molar refractivity (Wildman–Crippen MR) is 85.3 cm³/mol. The molecule has 0 fully saturated rings. The number of hydrogen-bond acceptors (Lipinski definition) is 3. The number of ether oxygens (including phenoxy) is 2. The van der Waals surface area contributed by atoms with Gasteiger partial charge in [-0.15, -0.1) is 0 Å². The summed E-state index contributed by atoms with van der Waals surface area (Å²) >= 11 is 3.50. The predicted octanol–water partition coefficient (Wildman–Crippen LogP) is 3.93. The normalized spacial score (nSPS) is 18.5. The lowest BCUT2D eigenvalue weighted by Crippen LogP contribution is -2.25. The molecule has 1 unspecified atom stereocenters. The maximum Gasteiger partial charge on any atom is 0.125 e. The third-order valence-electron chi connectivity index (χ3n) is 3.33. The van der Waals surface area contributed by atoms with E-state index >= 15 is 0 Å². The second-order valence-electron chi connectivity index (χ2n) is 5.65. The highest BCUT2D eigenvalue weighted by Gasteiger charge is 2.19. The summed E-state index contributed by atoms with van der Waals surface area (Å²) in [7, 11) is 0. The molecule has 1 N–H and O–H groups in total. The van der Waals surface area contributed by atoms with Crippen molar-refractivity contribution in [3.8, 4) is 5.75 Å². The fourth-order valence-electron chi connectivity index (χ4n) is 2.38. The highest BCUT2D eigenvalue weighted by Crippen LogP contribution is 2.33. The molecule has 0 saturated carbocycles. The molecular formula is C16H24BrNO2. The van der Waals surface area contributed by atoms with Gasteiger partial charge < -0.3 is 14.8 Å². The SMILES string of the molecule is CC(C)COCCNC1CCCOc2cc(Br)ccc21. The van der Waals surface area contributed by atoms with Crippen LogP contribution in [0.3, 0.4) is 0 Å². The molecule has 112 valence electrons. The van der Waals surface area contributed by atoms with Crippen molar-refractivity contribution in [2.24, 2.45) is 5.92 Å². The van der Waals surface area contributed by atoms with Gasteiger partial charge in [0.05, 0.1) is 13.2 Å². The lowest BCUT2D eigenvalue weighted by atomic mass is 10.0. The summed E-state index contributed by atoms with van der Waals surface area (Å²) in [5.74, 6) is 1.59. The Balaban J connectivity index is 1.88. The summed E-state index contributed by atoms with van der Waals surface area (Å²) in [6.45, 7) is 7.62. The molecule has 1 heterocycles. The topological polar surface area (TPSA) is 30.5 Å². The van der Waals surface area contributed by atoms with E-state index in [1.165, 1.54) is 5.56 Å². The molecule has 0 aliphatic carbocycles. The van der Waals surface area contributed by atoms with Crippen molar-refractivity contribution in [3.63, 3.8) is 0 Å². The molecule has 1 aliphatic heterocycles. The second-order valence-corrected chi connectivity index (χ2v) is 6.56. The van der Waals surface area contributed by atoms with Crippen molar-refractivity contribution in [1.29, 1.82) is 0 Å². The summed E-state index contributed by atoms with van der Waals surface area (Å²) in [5.41, 5.74) is 1.26. The number of nitrogens with one attached hydrogen (secondary N) is 1. The summed E-state index contributed by atoms with van der Waals surface area (Å²) in [5, 5.41) is 3.59. The summed E-state index contributed by atoms with van der Waals surface area (Å²) in [6, 6.07) is 6.66. The van der Waals surface area contributed by atoms with Gasteiger partial charge in [0.1, 0.15) is 5.75 Å². The Morgan fingerprint density at radius 2 is 2.30 bits per heavy atom. The molecule has 1 aromatic carbocycles. The summed E-state index contributed by atoms with van der Waals surface area (Å²) < 4.78 is 12.5. The van der Waals surface area contributed by atoms with E-state index in [-0.39, 0.29) is 0 Å². The van der Waals surface area contributed by atoms with Gasteiger partial charge >= 0.3 is 0 Å². The molecule has 0 spiro atoms. The molecule has 0 saturated heterocycles. The van der Waals surface area contributed by atoms with Crippen molar-refractivity contribution >= 4 is 15.9 Å². The van der Waals surface area contributed by atoms with Gasteiger partial charge in [-0.05, 0) is 30.9 Å². The van der Waals surface area contributed by atoms with Crippen LogP contribution in [-0.2, 0) is 4.74 Å². The van der Waals surface area contributed by atoms with E-state index < -0.39 is 0 Å². The third kappa shape index (κ3) is 4.76. The van der Waals surface area contributed by atoms with E-state index in [9.17, 15) is 0 Å². The molecule has 2 rings (SSSR count). The minimum Gasteiger partial charge on any atom is -0.493 e. The Morgan fingerprint density at radius 1 is 1.45 bits per heavy atom. The van der Waals surface area contributed by atoms with Gasteiger partial charge in [0.2, 0.25) is 0 Å². The number of halogens is 1. The molecule has 1 atom stereocenters. The van der Waals surface area contributed by atoms with Crippen molar-refractivity contribution in [1.82, 2.24) is 5.32 Å². The van der Waals surface area contributed by atoms with Gasteiger partial charge in [0.25, 0.3) is 0 Å². The highest BCUT2D eigenvalue weighted by atomic mass is 79.9. The van der Waals surface area contributed by atoms with Crippen LogP contribution < -0.4 is 10.1 Å². The average molecular weight is 342 g/mol. The molecule has 4 heteroatoms. The Labute approximate surface area is 130 Å². The molecule has 20 heavy (non-hydrogen) atoms. The monoisotopic (exact) mass is 341 g/mol. The fourth-order valence-corrected chi connectivity index (χ4v) is 2.72. The molecular weight excluding hydrogens is 318 g/mol. The van der Waals surface area contributed by atoms with Crippen molar-refractivity contribution in [2.75, 3.05) is 26.4 Å². The van der Waals surface area contributed by atoms with Crippen LogP contribution in [0.2, 0.25) is 0 Å². The lowest BCUT2D eigenvalue weighted by Gasteiger charge is -2.19. The zero-order chi connectivity index (χ0) is 14.4. The number of hydrogen-bond donors (Lipinski definition) is 1. The molecule has 1 aromatic rings. The van der Waals surface area contributed by atoms with Crippen LogP contribution in [0.15, 0.2) is 22.7 Å². The average Bonchev–Trinajstić information content (AvgIpc) is 2.60. The van der Waals surface area contributed by atoms with Gasteiger partial charge in [0.15, 0.2) is 0 Å². The van der Waals surface area contributed by atoms with Gasteiger partial charge in [-0.3, -0.25) is 0 Å². The fraction of sp³-hybridized carbons (Fsp3) is 0.625. The van der Waals surface area contributed by atoms with Crippen molar-refractivity contribution in [2.45, 2.75) is 32.7 Å². The molecule has 3 nitrogen and oxygen atoms in total. The van der Waals surface area contributed by atoms with Gasteiger partial charge in [0, 0.05) is 29.2 Å².